The van der Waals surface area contributed by atoms with Crippen LogP contribution in [0.5, 0.6) is 0 Å². The molecule has 1 N–H and O–H groups in total. The summed E-state index contributed by atoms with van der Waals surface area (Å²) in [5.41, 5.74) is 1.20. The number of hydrogen-bond acceptors (Lipinski definition) is 3. The molecule has 0 radical (unpaired) electrons. The summed E-state index contributed by atoms with van der Waals surface area (Å²) >= 11 is 5.38. The lowest BCUT2D eigenvalue weighted by atomic mass is 9.94. The number of carbonyl (C=O) groups is 1. The van der Waals surface area contributed by atoms with E-state index in [0.29, 0.717) is 6.54 Å². The fourth-order valence-electron chi connectivity index (χ4n) is 3.12. The van der Waals surface area contributed by atoms with Crippen molar-refractivity contribution in [2.45, 2.75) is 18.9 Å². The number of thiophene rings is 1. The lowest BCUT2D eigenvalue weighted by Crippen LogP contribution is -2.41. The molecule has 0 amide bonds. The third-order valence-corrected chi connectivity index (χ3v) is 5.83. The van der Waals surface area contributed by atoms with Gasteiger partial charge in [-0.25, -0.2) is 0 Å². The van der Waals surface area contributed by atoms with Crippen LogP contribution in [0.3, 0.4) is 0 Å². The SMILES string of the molecule is O=C(O)C1CCCN(C(c2cccs2)c2ccccc2Br)C1. The van der Waals surface area contributed by atoms with Crippen molar-refractivity contribution in [2.75, 3.05) is 13.1 Å². The number of benzene rings is 1. The molecule has 2 atom stereocenters. The van der Waals surface area contributed by atoms with Crippen LogP contribution in [-0.2, 0) is 4.79 Å². The summed E-state index contributed by atoms with van der Waals surface area (Å²) in [4.78, 5) is 15.0. The molecule has 0 saturated carbocycles. The maximum Gasteiger partial charge on any atom is 0.307 e. The normalized spacial score (nSPS) is 20.7. The Hall–Kier alpha value is -1.17. The molecule has 1 aliphatic rings. The van der Waals surface area contributed by atoms with Crippen molar-refractivity contribution in [2.24, 2.45) is 5.92 Å². The average molecular weight is 380 g/mol. The molecule has 0 aliphatic carbocycles. The molecule has 3 nitrogen and oxygen atoms in total. The van der Waals surface area contributed by atoms with E-state index in [9.17, 15) is 9.90 Å². The lowest BCUT2D eigenvalue weighted by molar-refractivity contribution is -0.143. The van der Waals surface area contributed by atoms with Crippen LogP contribution in [0.1, 0.15) is 29.3 Å². The molecule has 2 heterocycles. The minimum Gasteiger partial charge on any atom is -0.481 e. The van der Waals surface area contributed by atoms with Crippen molar-refractivity contribution in [3.63, 3.8) is 0 Å². The Morgan fingerprint density at radius 3 is 2.82 bits per heavy atom. The van der Waals surface area contributed by atoms with Gasteiger partial charge in [0.1, 0.15) is 0 Å². The van der Waals surface area contributed by atoms with Crippen LogP contribution in [0.25, 0.3) is 0 Å². The molecule has 116 valence electrons. The third-order valence-electron chi connectivity index (χ3n) is 4.18. The molecule has 5 heteroatoms. The first-order chi connectivity index (χ1) is 10.7. The molecule has 3 rings (SSSR count). The summed E-state index contributed by atoms with van der Waals surface area (Å²) in [5.74, 6) is -0.944. The lowest BCUT2D eigenvalue weighted by Gasteiger charge is -2.37. The van der Waals surface area contributed by atoms with E-state index in [4.69, 9.17) is 0 Å². The molecule has 1 fully saturated rings. The van der Waals surface area contributed by atoms with E-state index in [1.807, 2.05) is 12.1 Å². The van der Waals surface area contributed by atoms with E-state index < -0.39 is 5.97 Å². The third kappa shape index (κ3) is 3.26. The van der Waals surface area contributed by atoms with Crippen molar-refractivity contribution in [1.29, 1.82) is 0 Å². The molecular weight excluding hydrogens is 362 g/mol. The van der Waals surface area contributed by atoms with Crippen molar-refractivity contribution in [3.8, 4) is 0 Å². The van der Waals surface area contributed by atoms with Gasteiger partial charge >= 0.3 is 5.97 Å². The highest BCUT2D eigenvalue weighted by Crippen LogP contribution is 2.37. The van der Waals surface area contributed by atoms with Gasteiger partial charge in [-0.1, -0.05) is 40.2 Å². The Morgan fingerprint density at radius 2 is 2.14 bits per heavy atom. The van der Waals surface area contributed by atoms with Gasteiger partial charge in [0.25, 0.3) is 0 Å². The topological polar surface area (TPSA) is 40.5 Å². The van der Waals surface area contributed by atoms with Crippen LogP contribution in [-0.4, -0.2) is 29.1 Å². The zero-order valence-corrected chi connectivity index (χ0v) is 14.5. The second-order valence-electron chi connectivity index (χ2n) is 5.61. The summed E-state index contributed by atoms with van der Waals surface area (Å²) in [6, 6.07) is 12.5. The maximum absolute atomic E-state index is 11.4. The van der Waals surface area contributed by atoms with Gasteiger partial charge in [-0.15, -0.1) is 11.3 Å². The summed E-state index contributed by atoms with van der Waals surface area (Å²) < 4.78 is 1.07. The number of hydrogen-bond donors (Lipinski definition) is 1. The van der Waals surface area contributed by atoms with Gasteiger partial charge < -0.3 is 5.11 Å². The van der Waals surface area contributed by atoms with E-state index in [1.165, 1.54) is 10.4 Å². The highest BCUT2D eigenvalue weighted by Gasteiger charge is 2.32. The van der Waals surface area contributed by atoms with Crippen LogP contribution in [0.2, 0.25) is 0 Å². The minimum atomic E-state index is -0.679. The molecule has 1 aliphatic heterocycles. The Morgan fingerprint density at radius 1 is 1.32 bits per heavy atom. The maximum atomic E-state index is 11.4. The zero-order valence-electron chi connectivity index (χ0n) is 12.1. The molecule has 22 heavy (non-hydrogen) atoms. The van der Waals surface area contributed by atoms with Crippen molar-refractivity contribution < 1.29 is 9.90 Å². The molecular formula is C17H18BrNO2S. The summed E-state index contributed by atoms with van der Waals surface area (Å²) in [6.07, 6.45) is 1.71. The van der Waals surface area contributed by atoms with E-state index >= 15 is 0 Å². The van der Waals surface area contributed by atoms with Crippen molar-refractivity contribution in [1.82, 2.24) is 4.90 Å². The Kier molecular flexibility index (Phi) is 4.96. The van der Waals surface area contributed by atoms with E-state index in [2.05, 4.69) is 50.5 Å². The first-order valence-corrected chi connectivity index (χ1v) is 9.09. The standard InChI is InChI=1S/C17H18BrNO2S/c18-14-7-2-1-6-13(14)16(15-8-4-10-22-15)19-9-3-5-12(11-19)17(20)21/h1-2,4,6-8,10,12,16H,3,5,9,11H2,(H,20,21). The smallest absolute Gasteiger partial charge is 0.307 e. The first kappa shape index (κ1) is 15.7. The van der Waals surface area contributed by atoms with Gasteiger partial charge in [-0.3, -0.25) is 9.69 Å². The van der Waals surface area contributed by atoms with E-state index in [1.54, 1.807) is 11.3 Å². The Labute approximate surface area is 142 Å². The van der Waals surface area contributed by atoms with Gasteiger partial charge in [0.15, 0.2) is 0 Å². The van der Waals surface area contributed by atoms with Gasteiger partial charge in [0.2, 0.25) is 0 Å². The van der Waals surface area contributed by atoms with Crippen LogP contribution in [0, 0.1) is 5.92 Å². The Bertz CT molecular complexity index is 644. The zero-order chi connectivity index (χ0) is 15.5. The number of rotatable bonds is 4. The average Bonchev–Trinajstić information content (AvgIpc) is 3.04. The molecule has 2 aromatic rings. The molecule has 1 aromatic heterocycles. The second-order valence-corrected chi connectivity index (χ2v) is 7.45. The molecule has 1 saturated heterocycles. The summed E-state index contributed by atoms with van der Waals surface area (Å²) in [7, 11) is 0. The van der Waals surface area contributed by atoms with E-state index in [0.717, 1.165) is 23.9 Å². The van der Waals surface area contributed by atoms with Gasteiger partial charge in [0, 0.05) is 15.9 Å². The van der Waals surface area contributed by atoms with Crippen LogP contribution in [0.4, 0.5) is 0 Å². The fourth-order valence-corrected chi connectivity index (χ4v) is 4.49. The number of carboxylic acids is 1. The fraction of sp³-hybridized carbons (Fsp3) is 0.353. The number of halogens is 1. The van der Waals surface area contributed by atoms with Gasteiger partial charge in [0.05, 0.1) is 12.0 Å². The number of piperidine rings is 1. The number of nitrogens with zero attached hydrogens (tertiary/aromatic N) is 1. The van der Waals surface area contributed by atoms with E-state index in [-0.39, 0.29) is 12.0 Å². The largest absolute Gasteiger partial charge is 0.481 e. The van der Waals surface area contributed by atoms with Crippen LogP contribution in [0.15, 0.2) is 46.3 Å². The van der Waals surface area contributed by atoms with Crippen LogP contribution >= 0.6 is 27.3 Å². The summed E-state index contributed by atoms with van der Waals surface area (Å²) in [5, 5.41) is 11.4. The van der Waals surface area contributed by atoms with Crippen molar-refractivity contribution >= 4 is 33.2 Å². The number of likely N-dealkylation sites (tertiary alicyclic amines) is 1. The minimum absolute atomic E-state index is 0.123. The monoisotopic (exact) mass is 379 g/mol. The highest BCUT2D eigenvalue weighted by molar-refractivity contribution is 9.10. The van der Waals surface area contributed by atoms with Gasteiger partial charge in [-0.2, -0.15) is 0 Å². The molecule has 0 spiro atoms. The molecule has 1 aromatic carbocycles. The predicted octanol–water partition coefficient (Wildman–Crippen LogP) is 4.40. The summed E-state index contributed by atoms with van der Waals surface area (Å²) in [6.45, 7) is 1.55. The first-order valence-electron chi connectivity index (χ1n) is 7.41. The number of aliphatic carboxylic acids is 1. The van der Waals surface area contributed by atoms with Crippen molar-refractivity contribution in [3.05, 3.63) is 56.7 Å². The van der Waals surface area contributed by atoms with Gasteiger partial charge in [-0.05, 0) is 42.5 Å². The number of carboxylic acid groups (broad SMARTS) is 1. The Balaban J connectivity index is 1.96. The molecule has 0 bridgehead atoms. The van der Waals surface area contributed by atoms with Crippen LogP contribution < -0.4 is 0 Å². The second kappa shape index (κ2) is 6.94. The predicted molar refractivity (Wildman–Crippen MR) is 92.2 cm³/mol. The highest BCUT2D eigenvalue weighted by atomic mass is 79.9. The quantitative estimate of drug-likeness (QED) is 0.855. The molecule has 2 unspecified atom stereocenters.